The molecule has 2 heterocycles. The van der Waals surface area contributed by atoms with Crippen molar-refractivity contribution < 1.29 is 33.7 Å². The third kappa shape index (κ3) is 2.91. The number of aliphatic hydroxyl groups is 2. The number of rotatable bonds is 3. The van der Waals surface area contributed by atoms with Crippen molar-refractivity contribution in [3.8, 4) is 0 Å². The fourth-order valence-electron chi connectivity index (χ4n) is 9.11. The van der Waals surface area contributed by atoms with E-state index in [1.807, 2.05) is 6.92 Å². The van der Waals surface area contributed by atoms with Crippen molar-refractivity contribution in [1.29, 1.82) is 0 Å². The van der Waals surface area contributed by atoms with E-state index in [4.69, 9.17) is 9.47 Å². The zero-order chi connectivity index (χ0) is 25.7. The summed E-state index contributed by atoms with van der Waals surface area (Å²) in [5.41, 5.74) is -4.63. The Morgan fingerprint density at radius 2 is 1.94 bits per heavy atom. The molecule has 0 amide bonds. The lowest BCUT2D eigenvalue weighted by molar-refractivity contribution is -0.236. The number of piperidine rings is 1. The molecule has 6 rings (SSSR count). The molecule has 4 aliphatic carbocycles. The van der Waals surface area contributed by atoms with Gasteiger partial charge >= 0.3 is 0 Å². The lowest BCUT2D eigenvalue weighted by atomic mass is 9.44. The number of aliphatic hydroxyl groups excluding tert-OH is 2. The number of Topliss-reactive ketones (excluding diaryl/α,β-unsaturated/α-hetero) is 1. The number of carbonyl (C=O) groups excluding carboxylic acids is 2. The fraction of sp³-hybridized carbons (Fsp3) is 0.786. The molecule has 0 radical (unpaired) electrons. The third-order valence-electron chi connectivity index (χ3n) is 11.1. The van der Waals surface area contributed by atoms with Gasteiger partial charge in [-0.1, -0.05) is 18.6 Å². The highest BCUT2D eigenvalue weighted by atomic mass is 19.1. The number of nitrogens with zero attached hydrogens (tertiary/aromatic N) is 1. The molecular formula is C28H38FNO6. The number of alkyl halides is 1. The van der Waals surface area contributed by atoms with E-state index in [1.54, 1.807) is 13.0 Å². The van der Waals surface area contributed by atoms with Crippen LogP contribution < -0.4 is 0 Å². The van der Waals surface area contributed by atoms with Crippen LogP contribution in [0.2, 0.25) is 0 Å². The monoisotopic (exact) mass is 503 g/mol. The summed E-state index contributed by atoms with van der Waals surface area (Å²) in [6.45, 7) is 4.89. The molecule has 0 bridgehead atoms. The maximum Gasteiger partial charge on any atom is 0.193 e. The lowest BCUT2D eigenvalue weighted by Gasteiger charge is -2.62. The predicted molar refractivity (Wildman–Crippen MR) is 129 cm³/mol. The molecule has 3 saturated carbocycles. The van der Waals surface area contributed by atoms with E-state index in [1.165, 1.54) is 12.2 Å². The van der Waals surface area contributed by atoms with Gasteiger partial charge in [-0.2, -0.15) is 0 Å². The number of hydrogen-bond acceptors (Lipinski definition) is 7. The molecule has 2 saturated heterocycles. The lowest BCUT2D eigenvalue weighted by Crippen LogP contribution is -2.69. The largest absolute Gasteiger partial charge is 0.390 e. The Labute approximate surface area is 211 Å². The molecule has 2 aliphatic heterocycles. The highest BCUT2D eigenvalue weighted by Gasteiger charge is 2.79. The van der Waals surface area contributed by atoms with E-state index in [-0.39, 0.29) is 24.0 Å². The number of fused-ring (bicyclic) bond motifs is 7. The summed E-state index contributed by atoms with van der Waals surface area (Å²) in [5.74, 6) is -1.23. The van der Waals surface area contributed by atoms with Crippen molar-refractivity contribution in [3.63, 3.8) is 0 Å². The minimum Gasteiger partial charge on any atom is -0.390 e. The Morgan fingerprint density at radius 3 is 2.64 bits per heavy atom. The molecule has 0 aromatic carbocycles. The van der Waals surface area contributed by atoms with E-state index >= 15 is 4.39 Å². The second kappa shape index (κ2) is 8.03. The van der Waals surface area contributed by atoms with Crippen molar-refractivity contribution in [1.82, 2.24) is 4.90 Å². The van der Waals surface area contributed by atoms with Gasteiger partial charge in [0.05, 0.1) is 12.2 Å². The highest BCUT2D eigenvalue weighted by molar-refractivity contribution is 6.01. The third-order valence-corrected chi connectivity index (χ3v) is 11.1. The van der Waals surface area contributed by atoms with Crippen LogP contribution in [0.25, 0.3) is 0 Å². The molecule has 9 atom stereocenters. The summed E-state index contributed by atoms with van der Waals surface area (Å²) < 4.78 is 30.5. The molecule has 0 spiro atoms. The SMILES string of the molecule is CN1CCC(C2O[C@H]3C[C@H]4[C@@H]5CCC6=CC(=O)C=C[C@]6(C)C5(F)[C@@H](O)C[C@]4(C)[C@]3(C(=O)CO)O2)CC1. The van der Waals surface area contributed by atoms with Gasteiger partial charge in [0.1, 0.15) is 6.61 Å². The quantitative estimate of drug-likeness (QED) is 0.610. The first kappa shape index (κ1) is 24.9. The average molecular weight is 504 g/mol. The van der Waals surface area contributed by atoms with Crippen LogP contribution in [0.3, 0.4) is 0 Å². The second-order valence-corrected chi connectivity index (χ2v) is 12.6. The smallest absolute Gasteiger partial charge is 0.193 e. The van der Waals surface area contributed by atoms with Gasteiger partial charge in [-0.05, 0) is 83.7 Å². The number of ketones is 2. The molecule has 0 aromatic rings. The number of halogens is 1. The maximum absolute atomic E-state index is 17.4. The molecule has 36 heavy (non-hydrogen) atoms. The van der Waals surface area contributed by atoms with Gasteiger partial charge in [-0.3, -0.25) is 9.59 Å². The van der Waals surface area contributed by atoms with Crippen molar-refractivity contribution in [2.45, 2.75) is 82.1 Å². The molecule has 7 nitrogen and oxygen atoms in total. The number of allylic oxidation sites excluding steroid dienone is 4. The van der Waals surface area contributed by atoms with E-state index in [2.05, 4.69) is 11.9 Å². The van der Waals surface area contributed by atoms with Crippen LogP contribution in [0.4, 0.5) is 4.39 Å². The molecule has 5 fully saturated rings. The molecule has 2 unspecified atom stereocenters. The van der Waals surface area contributed by atoms with Gasteiger partial charge in [0.2, 0.25) is 0 Å². The van der Waals surface area contributed by atoms with Gasteiger partial charge in [-0.25, -0.2) is 4.39 Å². The van der Waals surface area contributed by atoms with Gasteiger partial charge in [0.15, 0.2) is 29.1 Å². The Kier molecular flexibility index (Phi) is 5.54. The number of hydrogen-bond donors (Lipinski definition) is 2. The summed E-state index contributed by atoms with van der Waals surface area (Å²) >= 11 is 0. The minimum absolute atomic E-state index is 0.0288. The molecular weight excluding hydrogens is 465 g/mol. The van der Waals surface area contributed by atoms with Crippen LogP contribution >= 0.6 is 0 Å². The van der Waals surface area contributed by atoms with Crippen molar-refractivity contribution in [3.05, 3.63) is 23.8 Å². The zero-order valence-electron chi connectivity index (χ0n) is 21.4. The summed E-state index contributed by atoms with van der Waals surface area (Å²) in [4.78, 5) is 27.9. The van der Waals surface area contributed by atoms with Gasteiger partial charge < -0.3 is 24.6 Å². The van der Waals surface area contributed by atoms with Crippen LogP contribution in [0.5, 0.6) is 0 Å². The standard InChI is InChI=1S/C28H38FNO6/c1-25-9-6-18(32)12-17(25)4-5-19-20-13-23-28(22(34)15-31,26(20,2)14-21(33)27(19,25)29)36-24(35-23)16-7-10-30(3)11-8-16/h6,9,12,16,19-21,23-24,31,33H,4-5,7-8,10-11,13-15H2,1-3H3/t19-,20-,21-,23-,24?,25-,26-,27?,28+/m0/s1. The maximum atomic E-state index is 17.4. The predicted octanol–water partition coefficient (Wildman–Crippen LogP) is 2.35. The van der Waals surface area contributed by atoms with Gasteiger partial charge in [-0.15, -0.1) is 0 Å². The summed E-state index contributed by atoms with van der Waals surface area (Å²) in [6, 6.07) is 0. The Bertz CT molecular complexity index is 1040. The Morgan fingerprint density at radius 1 is 1.22 bits per heavy atom. The van der Waals surface area contributed by atoms with Crippen molar-refractivity contribution in [2.75, 3.05) is 26.7 Å². The van der Waals surface area contributed by atoms with Gasteiger partial charge in [0, 0.05) is 22.7 Å². The topological polar surface area (TPSA) is 96.3 Å². The Hall–Kier alpha value is -1.45. The fourth-order valence-corrected chi connectivity index (χ4v) is 9.11. The second-order valence-electron chi connectivity index (χ2n) is 12.6. The summed E-state index contributed by atoms with van der Waals surface area (Å²) in [7, 11) is 2.08. The zero-order valence-corrected chi connectivity index (χ0v) is 21.4. The van der Waals surface area contributed by atoms with Crippen molar-refractivity contribution in [2.24, 2.45) is 28.6 Å². The molecule has 2 N–H and O–H groups in total. The van der Waals surface area contributed by atoms with E-state index in [0.717, 1.165) is 31.5 Å². The number of carbonyl (C=O) groups is 2. The number of likely N-dealkylation sites (tertiary alicyclic amines) is 1. The summed E-state index contributed by atoms with van der Waals surface area (Å²) in [5, 5.41) is 21.6. The molecule has 8 heteroatoms. The van der Waals surface area contributed by atoms with Crippen LogP contribution in [0, 0.1) is 28.6 Å². The van der Waals surface area contributed by atoms with Crippen LogP contribution in [0.1, 0.15) is 52.4 Å². The van der Waals surface area contributed by atoms with Gasteiger partial charge in [0.25, 0.3) is 0 Å². The average Bonchev–Trinajstić information content (AvgIpc) is 3.34. The first-order valence-corrected chi connectivity index (χ1v) is 13.5. The normalized spacial score (nSPS) is 50.8. The minimum atomic E-state index is -1.98. The van der Waals surface area contributed by atoms with E-state index in [0.29, 0.717) is 19.3 Å². The van der Waals surface area contributed by atoms with E-state index in [9.17, 15) is 19.8 Å². The Balaban J connectivity index is 1.38. The number of ether oxygens (including phenoxy) is 2. The first-order chi connectivity index (χ1) is 17.0. The van der Waals surface area contributed by atoms with Crippen LogP contribution in [-0.2, 0) is 19.1 Å². The first-order valence-electron chi connectivity index (χ1n) is 13.5. The highest BCUT2D eigenvalue weighted by Crippen LogP contribution is 2.72. The van der Waals surface area contributed by atoms with Crippen molar-refractivity contribution >= 4 is 11.6 Å². The van der Waals surface area contributed by atoms with E-state index < -0.39 is 58.9 Å². The molecule has 6 aliphatic rings. The molecule has 0 aromatic heterocycles. The van der Waals surface area contributed by atoms with Crippen LogP contribution in [0.15, 0.2) is 23.8 Å². The summed E-state index contributed by atoms with van der Waals surface area (Å²) in [6.07, 6.45) is 5.40. The molecule has 198 valence electrons. The van der Waals surface area contributed by atoms with Crippen LogP contribution in [-0.4, -0.2) is 83.2 Å².